The van der Waals surface area contributed by atoms with Crippen molar-refractivity contribution in [1.82, 2.24) is 9.21 Å². The number of amides is 1. The van der Waals surface area contributed by atoms with Crippen LogP contribution in [0.25, 0.3) is 0 Å². The first-order valence-corrected chi connectivity index (χ1v) is 11.9. The molecule has 0 aromatic heterocycles. The molecule has 1 amide bonds. The second kappa shape index (κ2) is 10.8. The Kier molecular flexibility index (Phi) is 8.07. The van der Waals surface area contributed by atoms with Gasteiger partial charge in [0.05, 0.1) is 18.6 Å². The second-order valence-electron chi connectivity index (χ2n) is 7.42. The molecule has 0 aliphatic carbocycles. The van der Waals surface area contributed by atoms with Crippen molar-refractivity contribution in [3.63, 3.8) is 0 Å². The van der Waals surface area contributed by atoms with E-state index in [0.717, 1.165) is 9.87 Å². The van der Waals surface area contributed by atoms with E-state index in [1.807, 2.05) is 12.1 Å². The molecule has 3 aromatic rings. The zero-order valence-electron chi connectivity index (χ0n) is 18.2. The van der Waals surface area contributed by atoms with Crippen LogP contribution in [0.15, 0.2) is 77.7 Å². The molecule has 0 radical (unpaired) electrons. The van der Waals surface area contributed by atoms with Gasteiger partial charge >= 0.3 is 0 Å². The van der Waals surface area contributed by atoms with Crippen LogP contribution in [0.1, 0.15) is 11.1 Å². The van der Waals surface area contributed by atoms with Crippen molar-refractivity contribution in [3.8, 4) is 5.75 Å². The van der Waals surface area contributed by atoms with E-state index in [4.69, 9.17) is 16.3 Å². The van der Waals surface area contributed by atoms with Crippen LogP contribution in [-0.4, -0.2) is 44.2 Å². The third-order valence-corrected chi connectivity index (χ3v) is 7.13. The summed E-state index contributed by atoms with van der Waals surface area (Å²) in [5.74, 6) is -0.287. The summed E-state index contributed by atoms with van der Waals surface area (Å²) in [5.41, 5.74) is 1.02. The predicted molar refractivity (Wildman–Crippen MR) is 125 cm³/mol. The van der Waals surface area contributed by atoms with Crippen LogP contribution < -0.4 is 4.74 Å². The minimum atomic E-state index is -4.10. The van der Waals surface area contributed by atoms with Gasteiger partial charge in [-0.3, -0.25) is 4.79 Å². The summed E-state index contributed by atoms with van der Waals surface area (Å²) in [7, 11) is -0.948. The van der Waals surface area contributed by atoms with Gasteiger partial charge in [0.15, 0.2) is 0 Å². The van der Waals surface area contributed by atoms with Gasteiger partial charge in [0, 0.05) is 30.7 Å². The summed E-state index contributed by atoms with van der Waals surface area (Å²) in [5, 5.41) is 0.380. The van der Waals surface area contributed by atoms with Crippen LogP contribution in [0.3, 0.4) is 0 Å². The van der Waals surface area contributed by atoms with E-state index in [1.54, 1.807) is 32.4 Å². The number of methoxy groups -OCH3 is 1. The molecule has 9 heteroatoms. The monoisotopic (exact) mass is 490 g/mol. The number of carbonyl (C=O) groups excluding carboxylic acids is 1. The standard InChI is InChI=1S/C24H24ClFN2O4S/c1-27(15-18-7-11-21(32-2)12-8-18)24(29)17-28(16-19-5-3-4-6-23(19)26)33(30,31)22-13-9-20(25)10-14-22/h3-14H,15-17H2,1-2H3. The smallest absolute Gasteiger partial charge is 0.243 e. The van der Waals surface area contributed by atoms with Crippen molar-refractivity contribution in [2.45, 2.75) is 18.0 Å². The number of likely N-dealkylation sites (N-methyl/N-ethyl adjacent to an activating group) is 1. The summed E-state index contributed by atoms with van der Waals surface area (Å²) >= 11 is 5.89. The van der Waals surface area contributed by atoms with Crippen molar-refractivity contribution >= 4 is 27.5 Å². The summed E-state index contributed by atoms with van der Waals surface area (Å²) < 4.78 is 47.0. The third kappa shape index (κ3) is 6.31. The maximum absolute atomic E-state index is 14.3. The Bertz CT molecular complexity index is 1200. The number of benzene rings is 3. The number of hydrogen-bond donors (Lipinski definition) is 0. The molecule has 0 bridgehead atoms. The molecule has 0 spiro atoms. The second-order valence-corrected chi connectivity index (χ2v) is 9.79. The van der Waals surface area contributed by atoms with E-state index >= 15 is 0 Å². The van der Waals surface area contributed by atoms with E-state index in [9.17, 15) is 17.6 Å². The van der Waals surface area contributed by atoms with Gasteiger partial charge in [-0.15, -0.1) is 0 Å². The molecular weight excluding hydrogens is 467 g/mol. The van der Waals surface area contributed by atoms with E-state index in [-0.39, 0.29) is 23.5 Å². The van der Waals surface area contributed by atoms with Crippen LogP contribution >= 0.6 is 11.6 Å². The van der Waals surface area contributed by atoms with Crippen LogP contribution in [0.5, 0.6) is 5.75 Å². The number of halogens is 2. The quantitative estimate of drug-likeness (QED) is 0.447. The van der Waals surface area contributed by atoms with Crippen LogP contribution in [0.4, 0.5) is 4.39 Å². The number of nitrogens with zero attached hydrogens (tertiary/aromatic N) is 2. The normalized spacial score (nSPS) is 11.4. The van der Waals surface area contributed by atoms with E-state index in [0.29, 0.717) is 10.8 Å². The number of hydrogen-bond acceptors (Lipinski definition) is 4. The lowest BCUT2D eigenvalue weighted by atomic mass is 10.2. The molecule has 3 aromatic carbocycles. The lowest BCUT2D eigenvalue weighted by Gasteiger charge is -2.25. The van der Waals surface area contributed by atoms with E-state index in [2.05, 4.69) is 0 Å². The fraction of sp³-hybridized carbons (Fsp3) is 0.208. The predicted octanol–water partition coefficient (Wildman–Crippen LogP) is 4.34. The Balaban J connectivity index is 1.84. The van der Waals surface area contributed by atoms with Gasteiger partial charge in [0.1, 0.15) is 11.6 Å². The van der Waals surface area contributed by atoms with Crippen molar-refractivity contribution in [1.29, 1.82) is 0 Å². The topological polar surface area (TPSA) is 66.9 Å². The van der Waals surface area contributed by atoms with Crippen LogP contribution in [0, 0.1) is 5.82 Å². The lowest BCUT2D eigenvalue weighted by molar-refractivity contribution is -0.130. The molecule has 0 heterocycles. The van der Waals surface area contributed by atoms with Crippen molar-refractivity contribution in [3.05, 3.63) is 94.8 Å². The number of ether oxygens (including phenoxy) is 1. The molecule has 0 aliphatic heterocycles. The minimum absolute atomic E-state index is 0.0335. The Morgan fingerprint density at radius 2 is 1.61 bits per heavy atom. The largest absolute Gasteiger partial charge is 0.497 e. The summed E-state index contributed by atoms with van der Waals surface area (Å²) in [6, 6.07) is 18.7. The molecule has 0 atom stereocenters. The zero-order chi connectivity index (χ0) is 24.0. The molecule has 6 nitrogen and oxygen atoms in total. The van der Waals surface area contributed by atoms with E-state index < -0.39 is 28.3 Å². The summed E-state index contributed by atoms with van der Waals surface area (Å²) in [4.78, 5) is 14.4. The molecule has 174 valence electrons. The molecule has 0 unspecified atom stereocenters. The maximum atomic E-state index is 14.3. The highest BCUT2D eigenvalue weighted by atomic mass is 35.5. The van der Waals surface area contributed by atoms with Gasteiger partial charge in [-0.25, -0.2) is 12.8 Å². The summed E-state index contributed by atoms with van der Waals surface area (Å²) in [6.45, 7) is -0.469. The lowest BCUT2D eigenvalue weighted by Crippen LogP contribution is -2.41. The van der Waals surface area contributed by atoms with Crippen molar-refractivity contribution < 1.29 is 22.3 Å². The number of rotatable bonds is 9. The molecule has 0 saturated heterocycles. The van der Waals surface area contributed by atoms with Crippen molar-refractivity contribution in [2.24, 2.45) is 0 Å². The molecule has 0 saturated carbocycles. The molecule has 33 heavy (non-hydrogen) atoms. The summed E-state index contributed by atoms with van der Waals surface area (Å²) in [6.07, 6.45) is 0. The Morgan fingerprint density at radius 3 is 2.21 bits per heavy atom. The highest BCUT2D eigenvalue weighted by molar-refractivity contribution is 7.89. The third-order valence-electron chi connectivity index (χ3n) is 5.07. The van der Waals surface area contributed by atoms with Crippen LogP contribution in [0.2, 0.25) is 5.02 Å². The first kappa shape index (κ1) is 24.7. The van der Waals surface area contributed by atoms with Gasteiger partial charge in [-0.2, -0.15) is 4.31 Å². The van der Waals surface area contributed by atoms with Crippen LogP contribution in [-0.2, 0) is 27.9 Å². The zero-order valence-corrected chi connectivity index (χ0v) is 19.8. The SMILES string of the molecule is COc1ccc(CN(C)C(=O)CN(Cc2ccccc2F)S(=O)(=O)c2ccc(Cl)cc2)cc1. The average Bonchev–Trinajstić information content (AvgIpc) is 2.80. The Morgan fingerprint density at radius 1 is 0.970 bits per heavy atom. The molecular formula is C24H24ClFN2O4S. The Hall–Kier alpha value is -2.94. The van der Waals surface area contributed by atoms with Gasteiger partial charge in [0.25, 0.3) is 0 Å². The van der Waals surface area contributed by atoms with Gasteiger partial charge in [0.2, 0.25) is 15.9 Å². The fourth-order valence-electron chi connectivity index (χ4n) is 3.16. The molecule has 0 fully saturated rings. The molecule has 0 aliphatic rings. The highest BCUT2D eigenvalue weighted by Crippen LogP contribution is 2.22. The minimum Gasteiger partial charge on any atom is -0.497 e. The highest BCUT2D eigenvalue weighted by Gasteiger charge is 2.28. The van der Waals surface area contributed by atoms with Gasteiger partial charge in [-0.1, -0.05) is 41.9 Å². The maximum Gasteiger partial charge on any atom is 0.243 e. The van der Waals surface area contributed by atoms with E-state index in [1.165, 1.54) is 47.4 Å². The van der Waals surface area contributed by atoms with Gasteiger partial charge < -0.3 is 9.64 Å². The molecule has 3 rings (SSSR count). The number of sulfonamides is 1. The van der Waals surface area contributed by atoms with Crippen molar-refractivity contribution in [2.75, 3.05) is 20.7 Å². The average molecular weight is 491 g/mol. The Labute approximate surface area is 198 Å². The number of carbonyl (C=O) groups is 1. The first-order valence-electron chi connectivity index (χ1n) is 10.1. The molecule has 0 N–H and O–H groups in total. The van der Waals surface area contributed by atoms with Gasteiger partial charge in [-0.05, 0) is 48.0 Å². The fourth-order valence-corrected chi connectivity index (χ4v) is 4.66. The first-order chi connectivity index (χ1) is 15.7.